The number of benzene rings is 7. The molecule has 216 valence electrons. The topological polar surface area (TPSA) is 34.5 Å². The van der Waals surface area contributed by atoms with Gasteiger partial charge in [-0.1, -0.05) is 84.9 Å². The molecule has 0 saturated carbocycles. The van der Waals surface area contributed by atoms with E-state index in [1.54, 1.807) is 0 Å². The van der Waals surface area contributed by atoms with Crippen LogP contribution in [0.5, 0.6) is 0 Å². The van der Waals surface area contributed by atoms with Crippen LogP contribution in [0.2, 0.25) is 0 Å². The quantitative estimate of drug-likeness (QED) is 0.176. The highest BCUT2D eigenvalue weighted by molar-refractivity contribution is 6.90. The highest BCUT2D eigenvalue weighted by Crippen LogP contribution is 2.47. The van der Waals surface area contributed by atoms with Crippen molar-refractivity contribution in [2.45, 2.75) is 0 Å². The summed E-state index contributed by atoms with van der Waals surface area (Å²) in [5, 5.41) is 7.07. The van der Waals surface area contributed by atoms with E-state index in [0.29, 0.717) is 0 Å². The van der Waals surface area contributed by atoms with Crippen LogP contribution < -0.4 is 15.8 Å². The van der Waals surface area contributed by atoms with Gasteiger partial charge < -0.3 is 18.2 Å². The van der Waals surface area contributed by atoms with Crippen molar-refractivity contribution in [3.8, 4) is 11.1 Å². The van der Waals surface area contributed by atoms with E-state index in [0.717, 1.165) is 55.3 Å². The number of nitrogens with zero attached hydrogens (tertiary/aromatic N) is 2. The number of furan rings is 2. The van der Waals surface area contributed by atoms with Gasteiger partial charge in [0.1, 0.15) is 22.3 Å². The maximum Gasteiger partial charge on any atom is 0.333 e. The van der Waals surface area contributed by atoms with E-state index >= 15 is 0 Å². The van der Waals surface area contributed by atoms with Crippen LogP contribution in [0.1, 0.15) is 0 Å². The minimum absolute atomic E-state index is 0.0270. The number of rotatable bonds is 1. The predicted octanol–water partition coefficient (Wildman–Crippen LogP) is 10.0. The zero-order valence-electron chi connectivity index (χ0n) is 25.1. The van der Waals surface area contributed by atoms with Gasteiger partial charge in [-0.3, -0.25) is 0 Å². The number of anilines is 3. The molecule has 0 spiro atoms. The van der Waals surface area contributed by atoms with E-state index in [2.05, 4.69) is 131 Å². The molecule has 3 aromatic heterocycles. The Hall–Kier alpha value is -6.20. The Balaban J connectivity index is 1.25. The third-order valence-corrected chi connectivity index (χ3v) is 10.6. The largest absolute Gasteiger partial charge is 0.456 e. The summed E-state index contributed by atoms with van der Waals surface area (Å²) in [5.74, 6) is 0. The molecule has 0 bridgehead atoms. The van der Waals surface area contributed by atoms with Crippen molar-refractivity contribution in [3.63, 3.8) is 0 Å². The second kappa shape index (κ2) is 8.33. The van der Waals surface area contributed by atoms with Gasteiger partial charge in [-0.15, -0.1) is 0 Å². The Labute approximate surface area is 268 Å². The number of para-hydroxylation sites is 4. The molecule has 5 heteroatoms. The van der Waals surface area contributed by atoms with Crippen molar-refractivity contribution in [1.82, 2.24) is 4.48 Å². The molecule has 5 heterocycles. The SMILES string of the molecule is c1cc2c3c(c1)N(c1ccc4oc5ccccc5c4c1)c1cc4c(cc1B3n1c3ccccc3c3cccc-2c31)oc1ccccc14. The van der Waals surface area contributed by atoms with Crippen LogP contribution in [0.3, 0.4) is 0 Å². The molecular weight excluding hydrogens is 575 g/mol. The Morgan fingerprint density at radius 3 is 1.96 bits per heavy atom. The summed E-state index contributed by atoms with van der Waals surface area (Å²) < 4.78 is 15.4. The minimum Gasteiger partial charge on any atom is -0.456 e. The fourth-order valence-corrected chi connectivity index (χ4v) is 8.68. The molecule has 0 atom stereocenters. The molecule has 0 radical (unpaired) electrons. The Morgan fingerprint density at radius 1 is 0.447 bits per heavy atom. The molecule has 0 amide bonds. The average Bonchev–Trinajstić information content (AvgIpc) is 3.79. The van der Waals surface area contributed by atoms with Gasteiger partial charge >= 0.3 is 6.85 Å². The van der Waals surface area contributed by atoms with Crippen molar-refractivity contribution in [2.75, 3.05) is 4.90 Å². The molecule has 0 N–H and O–H groups in total. The number of aromatic nitrogens is 1. The van der Waals surface area contributed by atoms with Gasteiger partial charge in [-0.05, 0) is 71.1 Å². The van der Waals surface area contributed by atoms with Crippen LogP contribution in [-0.4, -0.2) is 11.3 Å². The molecule has 2 aliphatic rings. The lowest BCUT2D eigenvalue weighted by Gasteiger charge is -2.40. The lowest BCUT2D eigenvalue weighted by Crippen LogP contribution is -2.56. The third kappa shape index (κ3) is 2.91. The van der Waals surface area contributed by atoms with E-state index in [9.17, 15) is 0 Å². The average molecular weight is 598 g/mol. The fraction of sp³-hybridized carbons (Fsp3) is 0. The van der Waals surface area contributed by atoms with Gasteiger partial charge in [0.2, 0.25) is 0 Å². The first-order chi connectivity index (χ1) is 23.3. The Bertz CT molecular complexity index is 3000. The first-order valence-corrected chi connectivity index (χ1v) is 16.1. The summed E-state index contributed by atoms with van der Waals surface area (Å²) in [6, 6.07) is 50.4. The lowest BCUT2D eigenvalue weighted by atomic mass is 9.45. The summed E-state index contributed by atoms with van der Waals surface area (Å²) in [7, 11) is 0. The molecule has 2 aliphatic heterocycles. The summed E-state index contributed by atoms with van der Waals surface area (Å²) in [6.45, 7) is -0.0270. The molecule has 4 nitrogen and oxygen atoms in total. The standard InChI is InChI=1S/C42H23BN2O2/c1-4-15-34-25(9-1)29-13-7-14-30-28-12-8-16-35-41(28)43(45(34)42(29)30)33-23-40-32(27-11-3-6-18-38(27)47-40)22-36(33)44(35)24-19-20-39-31(21-24)26-10-2-5-17-37(26)46-39/h1-23H. The van der Waals surface area contributed by atoms with Crippen molar-refractivity contribution in [2.24, 2.45) is 0 Å². The maximum atomic E-state index is 6.56. The lowest BCUT2D eigenvalue weighted by molar-refractivity contribution is 0.669. The third-order valence-electron chi connectivity index (χ3n) is 10.6. The van der Waals surface area contributed by atoms with Crippen LogP contribution in [-0.2, 0) is 0 Å². The summed E-state index contributed by atoms with van der Waals surface area (Å²) >= 11 is 0. The highest BCUT2D eigenvalue weighted by atomic mass is 16.3. The van der Waals surface area contributed by atoms with Crippen molar-refractivity contribution < 1.29 is 8.83 Å². The van der Waals surface area contributed by atoms with E-state index in [1.807, 2.05) is 18.2 Å². The summed E-state index contributed by atoms with van der Waals surface area (Å²) in [5.41, 5.74) is 14.7. The van der Waals surface area contributed by atoms with E-state index in [-0.39, 0.29) is 6.85 Å². The molecule has 0 fully saturated rings. The van der Waals surface area contributed by atoms with E-state index in [1.165, 1.54) is 49.5 Å². The van der Waals surface area contributed by atoms with Crippen molar-refractivity contribution in [1.29, 1.82) is 0 Å². The molecular formula is C42H23BN2O2. The Morgan fingerprint density at radius 2 is 1.11 bits per heavy atom. The first kappa shape index (κ1) is 24.1. The van der Waals surface area contributed by atoms with Crippen LogP contribution in [0.4, 0.5) is 17.1 Å². The van der Waals surface area contributed by atoms with Gasteiger partial charge in [0.25, 0.3) is 0 Å². The molecule has 0 unspecified atom stereocenters. The van der Waals surface area contributed by atoms with Gasteiger partial charge in [-0.2, -0.15) is 0 Å². The molecule has 47 heavy (non-hydrogen) atoms. The monoisotopic (exact) mass is 598 g/mol. The van der Waals surface area contributed by atoms with E-state index < -0.39 is 0 Å². The second-order valence-corrected chi connectivity index (χ2v) is 12.8. The van der Waals surface area contributed by atoms with E-state index in [4.69, 9.17) is 8.83 Å². The fourth-order valence-electron chi connectivity index (χ4n) is 8.68. The Kier molecular flexibility index (Phi) is 4.27. The van der Waals surface area contributed by atoms with Crippen molar-refractivity contribution >= 4 is 101 Å². The first-order valence-electron chi connectivity index (χ1n) is 16.1. The molecule has 0 saturated heterocycles. The summed E-state index contributed by atoms with van der Waals surface area (Å²) in [4.78, 5) is 2.46. The normalized spacial score (nSPS) is 13.4. The minimum atomic E-state index is -0.0270. The molecule has 12 rings (SSSR count). The van der Waals surface area contributed by atoms with Gasteiger partial charge in [0.15, 0.2) is 0 Å². The van der Waals surface area contributed by atoms with Crippen molar-refractivity contribution in [3.05, 3.63) is 140 Å². The van der Waals surface area contributed by atoms with Crippen LogP contribution in [0, 0.1) is 0 Å². The molecule has 0 aliphatic carbocycles. The van der Waals surface area contributed by atoms with Crippen LogP contribution >= 0.6 is 0 Å². The van der Waals surface area contributed by atoms with Gasteiger partial charge in [-0.25, -0.2) is 0 Å². The van der Waals surface area contributed by atoms with Crippen LogP contribution in [0.15, 0.2) is 148 Å². The molecule has 10 aromatic rings. The van der Waals surface area contributed by atoms with Crippen LogP contribution in [0.25, 0.3) is 76.8 Å². The number of hydrogen-bond acceptors (Lipinski definition) is 3. The number of fused-ring (bicyclic) bond motifs is 13. The summed E-state index contributed by atoms with van der Waals surface area (Å²) in [6.07, 6.45) is 0. The zero-order chi connectivity index (χ0) is 30.4. The van der Waals surface area contributed by atoms with Gasteiger partial charge in [0.05, 0.1) is 0 Å². The smallest absolute Gasteiger partial charge is 0.333 e. The molecule has 7 aromatic carbocycles. The predicted molar refractivity (Wildman–Crippen MR) is 195 cm³/mol. The zero-order valence-corrected chi connectivity index (χ0v) is 25.1. The number of hydrogen-bond donors (Lipinski definition) is 0. The maximum absolute atomic E-state index is 6.56. The second-order valence-electron chi connectivity index (χ2n) is 12.8. The van der Waals surface area contributed by atoms with Gasteiger partial charge in [0, 0.05) is 66.0 Å². The highest BCUT2D eigenvalue weighted by Gasteiger charge is 2.43.